The number of ketones is 1. The molecule has 0 spiro atoms. The molecule has 1 unspecified atom stereocenters. The average molecular weight is 305 g/mol. The predicted octanol–water partition coefficient (Wildman–Crippen LogP) is 1.37. The number of carbonyl (C=O) groups is 2. The second-order valence-electron chi connectivity index (χ2n) is 5.98. The summed E-state index contributed by atoms with van der Waals surface area (Å²) in [4.78, 5) is 25.5. The van der Waals surface area contributed by atoms with Crippen LogP contribution >= 0.6 is 0 Å². The van der Waals surface area contributed by atoms with Crippen LogP contribution in [0.3, 0.4) is 0 Å². The first-order chi connectivity index (χ1) is 10.5. The van der Waals surface area contributed by atoms with Crippen molar-refractivity contribution in [3.63, 3.8) is 0 Å². The Hall–Kier alpha value is -1.72. The Labute approximate surface area is 130 Å². The number of benzene rings is 1. The number of nitrogens with zero attached hydrogens (tertiary/aromatic N) is 1. The van der Waals surface area contributed by atoms with Crippen LogP contribution in [0.25, 0.3) is 0 Å². The van der Waals surface area contributed by atoms with Crippen molar-refractivity contribution in [2.45, 2.75) is 25.7 Å². The fourth-order valence-corrected chi connectivity index (χ4v) is 3.05. The lowest BCUT2D eigenvalue weighted by atomic mass is 9.92. The minimum absolute atomic E-state index is 0.0106. The van der Waals surface area contributed by atoms with Gasteiger partial charge in [0.1, 0.15) is 0 Å². The highest BCUT2D eigenvalue weighted by atomic mass is 16.4. The number of likely N-dealkylation sites (N-methyl/N-ethyl adjacent to an activating group) is 1. The molecule has 1 atom stereocenters. The van der Waals surface area contributed by atoms with Crippen LogP contribution in [-0.2, 0) is 17.6 Å². The number of carboxylic acid groups (broad SMARTS) is 1. The maximum absolute atomic E-state index is 12.7. The molecular weight excluding hydrogens is 282 g/mol. The van der Waals surface area contributed by atoms with Crippen LogP contribution in [0.5, 0.6) is 0 Å². The SMILES string of the molecule is CN(CCO)CC(CC(=O)O)C(=O)c1ccc2c(c1)CCC2. The molecule has 2 rings (SSSR count). The fraction of sp³-hybridized carbons (Fsp3) is 0.529. The third kappa shape index (κ3) is 4.15. The van der Waals surface area contributed by atoms with Crippen molar-refractivity contribution in [3.8, 4) is 0 Å². The number of aliphatic hydroxyl groups excluding tert-OH is 1. The lowest BCUT2D eigenvalue weighted by Gasteiger charge is -2.21. The van der Waals surface area contributed by atoms with E-state index in [2.05, 4.69) is 0 Å². The smallest absolute Gasteiger partial charge is 0.304 e. The van der Waals surface area contributed by atoms with Gasteiger partial charge in [0.05, 0.1) is 13.0 Å². The Kier molecular flexibility index (Phi) is 5.69. The van der Waals surface area contributed by atoms with E-state index >= 15 is 0 Å². The van der Waals surface area contributed by atoms with Crippen LogP contribution in [-0.4, -0.2) is 53.6 Å². The molecule has 1 aromatic rings. The van der Waals surface area contributed by atoms with Crippen LogP contribution in [0.4, 0.5) is 0 Å². The number of hydrogen-bond donors (Lipinski definition) is 2. The van der Waals surface area contributed by atoms with Crippen molar-refractivity contribution >= 4 is 11.8 Å². The zero-order chi connectivity index (χ0) is 16.1. The van der Waals surface area contributed by atoms with Crippen molar-refractivity contribution in [3.05, 3.63) is 34.9 Å². The summed E-state index contributed by atoms with van der Waals surface area (Å²) in [5.41, 5.74) is 3.11. The van der Waals surface area contributed by atoms with Gasteiger partial charge in [0.2, 0.25) is 0 Å². The highest BCUT2D eigenvalue weighted by Gasteiger charge is 2.25. The van der Waals surface area contributed by atoms with Gasteiger partial charge in [0.15, 0.2) is 5.78 Å². The van der Waals surface area contributed by atoms with Crippen LogP contribution in [0.2, 0.25) is 0 Å². The Morgan fingerprint density at radius 3 is 2.68 bits per heavy atom. The van der Waals surface area contributed by atoms with Gasteiger partial charge < -0.3 is 15.1 Å². The van der Waals surface area contributed by atoms with Gasteiger partial charge >= 0.3 is 5.97 Å². The topological polar surface area (TPSA) is 77.8 Å². The first kappa shape index (κ1) is 16.6. The number of fused-ring (bicyclic) bond motifs is 1. The summed E-state index contributed by atoms with van der Waals surface area (Å²) in [6.45, 7) is 0.750. The molecule has 0 saturated carbocycles. The predicted molar refractivity (Wildman–Crippen MR) is 83.1 cm³/mol. The highest BCUT2D eigenvalue weighted by Crippen LogP contribution is 2.24. The monoisotopic (exact) mass is 305 g/mol. The van der Waals surface area contributed by atoms with Gasteiger partial charge in [-0.25, -0.2) is 0 Å². The molecule has 22 heavy (non-hydrogen) atoms. The molecule has 1 aromatic carbocycles. The molecule has 0 aromatic heterocycles. The Balaban J connectivity index is 2.15. The molecule has 1 aliphatic rings. The van der Waals surface area contributed by atoms with Crippen LogP contribution < -0.4 is 0 Å². The molecule has 0 saturated heterocycles. The zero-order valence-electron chi connectivity index (χ0n) is 12.9. The van der Waals surface area contributed by atoms with Crippen molar-refractivity contribution in [2.75, 3.05) is 26.7 Å². The van der Waals surface area contributed by atoms with Crippen molar-refractivity contribution in [2.24, 2.45) is 5.92 Å². The van der Waals surface area contributed by atoms with Crippen LogP contribution in [0.1, 0.15) is 34.3 Å². The normalized spacial score (nSPS) is 14.9. The minimum atomic E-state index is -0.975. The lowest BCUT2D eigenvalue weighted by Crippen LogP contribution is -2.33. The number of aryl methyl sites for hydroxylation is 2. The molecule has 0 radical (unpaired) electrons. The molecular formula is C17H23NO4. The molecule has 5 nitrogen and oxygen atoms in total. The third-order valence-corrected chi connectivity index (χ3v) is 4.19. The number of carbonyl (C=O) groups excluding carboxylic acids is 1. The standard InChI is InChI=1S/C17H23NO4/c1-18(7-8-19)11-15(10-16(20)21)17(22)14-6-5-12-3-2-4-13(12)9-14/h5-6,9,15,19H,2-4,7-8,10-11H2,1H3,(H,20,21). The van der Waals surface area contributed by atoms with Gasteiger partial charge in [-0.2, -0.15) is 0 Å². The summed E-state index contributed by atoms with van der Waals surface area (Å²) >= 11 is 0. The third-order valence-electron chi connectivity index (χ3n) is 4.19. The summed E-state index contributed by atoms with van der Waals surface area (Å²) < 4.78 is 0. The van der Waals surface area contributed by atoms with Crippen molar-refractivity contribution < 1.29 is 19.8 Å². The van der Waals surface area contributed by atoms with E-state index < -0.39 is 11.9 Å². The number of Topliss-reactive ketones (excluding diaryl/α,β-unsaturated/α-hetero) is 1. The molecule has 120 valence electrons. The number of hydrogen-bond acceptors (Lipinski definition) is 4. The maximum Gasteiger partial charge on any atom is 0.304 e. The zero-order valence-corrected chi connectivity index (χ0v) is 12.9. The maximum atomic E-state index is 12.7. The second kappa shape index (κ2) is 7.51. The number of carboxylic acids is 1. The summed E-state index contributed by atoms with van der Waals surface area (Å²) in [6, 6.07) is 5.73. The van der Waals surface area contributed by atoms with E-state index in [-0.39, 0.29) is 18.8 Å². The Morgan fingerprint density at radius 2 is 2.00 bits per heavy atom. The minimum Gasteiger partial charge on any atom is -0.481 e. The van der Waals surface area contributed by atoms with E-state index in [0.29, 0.717) is 18.7 Å². The van der Waals surface area contributed by atoms with Gasteiger partial charge in [-0.05, 0) is 43.5 Å². The van der Waals surface area contributed by atoms with E-state index in [0.717, 1.165) is 19.3 Å². The van der Waals surface area contributed by atoms with Crippen molar-refractivity contribution in [1.29, 1.82) is 0 Å². The molecule has 0 aliphatic heterocycles. The van der Waals surface area contributed by atoms with Gasteiger partial charge in [-0.1, -0.05) is 12.1 Å². The van der Waals surface area contributed by atoms with E-state index in [1.165, 1.54) is 11.1 Å². The molecule has 5 heteroatoms. The molecule has 1 aliphatic carbocycles. The molecule has 0 bridgehead atoms. The quantitative estimate of drug-likeness (QED) is 0.709. The number of aliphatic carboxylic acids is 1. The Bertz CT molecular complexity index is 556. The fourth-order valence-electron chi connectivity index (χ4n) is 3.05. The molecule has 0 heterocycles. The van der Waals surface area contributed by atoms with E-state index in [1.54, 1.807) is 11.9 Å². The lowest BCUT2D eigenvalue weighted by molar-refractivity contribution is -0.137. The van der Waals surface area contributed by atoms with E-state index in [4.69, 9.17) is 10.2 Å². The molecule has 0 amide bonds. The van der Waals surface area contributed by atoms with E-state index in [9.17, 15) is 9.59 Å². The summed E-state index contributed by atoms with van der Waals surface area (Å²) in [6.07, 6.45) is 2.97. The first-order valence-corrected chi connectivity index (χ1v) is 7.68. The first-order valence-electron chi connectivity index (χ1n) is 7.68. The highest BCUT2D eigenvalue weighted by molar-refractivity contribution is 5.99. The van der Waals surface area contributed by atoms with Gasteiger partial charge in [0.25, 0.3) is 0 Å². The summed E-state index contributed by atoms with van der Waals surface area (Å²) in [5, 5.41) is 18.0. The number of rotatable bonds is 8. The average Bonchev–Trinajstić information content (AvgIpc) is 2.92. The largest absolute Gasteiger partial charge is 0.481 e. The molecule has 2 N–H and O–H groups in total. The number of aliphatic hydroxyl groups is 1. The van der Waals surface area contributed by atoms with Crippen molar-refractivity contribution in [1.82, 2.24) is 4.90 Å². The molecule has 0 fully saturated rings. The summed E-state index contributed by atoms with van der Waals surface area (Å²) in [5.74, 6) is -1.69. The van der Waals surface area contributed by atoms with Crippen LogP contribution in [0, 0.1) is 5.92 Å². The van der Waals surface area contributed by atoms with Gasteiger partial charge in [0, 0.05) is 24.6 Å². The van der Waals surface area contributed by atoms with Gasteiger partial charge in [-0.15, -0.1) is 0 Å². The second-order valence-corrected chi connectivity index (χ2v) is 5.98. The summed E-state index contributed by atoms with van der Waals surface area (Å²) in [7, 11) is 1.78. The van der Waals surface area contributed by atoms with Crippen LogP contribution in [0.15, 0.2) is 18.2 Å². The Morgan fingerprint density at radius 1 is 1.27 bits per heavy atom. The van der Waals surface area contributed by atoms with E-state index in [1.807, 2.05) is 18.2 Å². The van der Waals surface area contributed by atoms with Gasteiger partial charge in [-0.3, -0.25) is 9.59 Å².